The van der Waals surface area contributed by atoms with Crippen molar-refractivity contribution in [1.29, 1.82) is 0 Å². The Morgan fingerprint density at radius 2 is 1.61 bits per heavy atom. The summed E-state index contributed by atoms with van der Waals surface area (Å²) in [6, 6.07) is 22.8. The molecule has 66 heavy (non-hydrogen) atoms. The van der Waals surface area contributed by atoms with Gasteiger partial charge in [-0.1, -0.05) is 65.7 Å². The SMILES string of the molecule is Cc1nccc(-c2ccc(CC(NC(=O)C3Cc4cc5c(cc4CN3C(=O)C3CCCN3C(=O)OC(C)(C)C)OC(c3ccc(OCc4ccc(Cl)c(Cl)c4)cc3)CO5)C(=O)O)cc2)c1C. The molecule has 13 nitrogen and oxygen atoms in total. The van der Waals surface area contributed by atoms with Crippen molar-refractivity contribution in [2.45, 2.75) is 103 Å². The van der Waals surface area contributed by atoms with Crippen molar-refractivity contribution >= 4 is 47.1 Å². The molecule has 4 aromatic carbocycles. The first-order valence-electron chi connectivity index (χ1n) is 22.0. The Labute approximate surface area is 393 Å². The zero-order valence-electron chi connectivity index (χ0n) is 37.4. The number of ether oxygens (including phenoxy) is 4. The van der Waals surface area contributed by atoms with Crippen LogP contribution in [0.25, 0.3) is 11.1 Å². The van der Waals surface area contributed by atoms with E-state index in [2.05, 4.69) is 10.3 Å². The lowest BCUT2D eigenvalue weighted by atomic mass is 9.91. The molecular weight excluding hydrogens is 883 g/mol. The number of hydrogen-bond acceptors (Lipinski definition) is 9. The molecule has 0 saturated carbocycles. The summed E-state index contributed by atoms with van der Waals surface area (Å²) < 4.78 is 24.4. The molecule has 3 aliphatic heterocycles. The summed E-state index contributed by atoms with van der Waals surface area (Å²) in [5.41, 5.74) is 7.11. The molecular formula is C51H52Cl2N4O9. The van der Waals surface area contributed by atoms with Gasteiger partial charge < -0.3 is 34.3 Å². The number of rotatable bonds is 11. The molecule has 0 bridgehead atoms. The third-order valence-corrected chi connectivity index (χ3v) is 13.0. The van der Waals surface area contributed by atoms with Crippen LogP contribution in [-0.2, 0) is 45.1 Å². The van der Waals surface area contributed by atoms with Crippen LogP contribution >= 0.6 is 23.2 Å². The molecule has 3 amide bonds. The highest BCUT2D eigenvalue weighted by Crippen LogP contribution is 2.41. The van der Waals surface area contributed by atoms with Gasteiger partial charge in [-0.15, -0.1) is 0 Å². The number of aliphatic carboxylic acids is 1. The Kier molecular flexibility index (Phi) is 13.5. The molecule has 1 aromatic heterocycles. The maximum absolute atomic E-state index is 14.7. The number of halogens is 2. The maximum Gasteiger partial charge on any atom is 0.410 e. The highest BCUT2D eigenvalue weighted by molar-refractivity contribution is 6.42. The Morgan fingerprint density at radius 1 is 0.879 bits per heavy atom. The third kappa shape index (κ3) is 10.4. The number of benzene rings is 4. The van der Waals surface area contributed by atoms with E-state index in [0.717, 1.165) is 44.6 Å². The second-order valence-electron chi connectivity index (χ2n) is 18.0. The minimum Gasteiger partial charge on any atom is -0.489 e. The highest BCUT2D eigenvalue weighted by atomic mass is 35.5. The largest absolute Gasteiger partial charge is 0.489 e. The number of carbonyl (C=O) groups is 4. The monoisotopic (exact) mass is 934 g/mol. The molecule has 15 heteroatoms. The Morgan fingerprint density at radius 3 is 2.32 bits per heavy atom. The van der Waals surface area contributed by atoms with Gasteiger partial charge in [-0.3, -0.25) is 19.5 Å². The van der Waals surface area contributed by atoms with E-state index in [1.807, 2.05) is 86.6 Å². The van der Waals surface area contributed by atoms with Gasteiger partial charge in [0.2, 0.25) is 11.8 Å². The molecule has 0 aliphatic carbocycles. The van der Waals surface area contributed by atoms with Crippen molar-refractivity contribution < 1.29 is 43.2 Å². The number of carboxylic acids is 1. The molecule has 1 saturated heterocycles. The summed E-state index contributed by atoms with van der Waals surface area (Å²) in [6.07, 6.45) is 1.73. The van der Waals surface area contributed by atoms with E-state index in [4.69, 9.17) is 42.1 Å². The van der Waals surface area contributed by atoms with Crippen LogP contribution in [0, 0.1) is 13.8 Å². The second-order valence-corrected chi connectivity index (χ2v) is 18.8. The number of likely N-dealkylation sites (tertiary alicyclic amines) is 1. The first-order valence-corrected chi connectivity index (χ1v) is 22.7. The number of aromatic nitrogens is 1. The predicted octanol–water partition coefficient (Wildman–Crippen LogP) is 9.23. The molecule has 0 radical (unpaired) electrons. The summed E-state index contributed by atoms with van der Waals surface area (Å²) in [7, 11) is 0. The number of aryl methyl sites for hydroxylation is 1. The lowest BCUT2D eigenvalue weighted by Gasteiger charge is -2.40. The van der Waals surface area contributed by atoms with Gasteiger partial charge >= 0.3 is 12.1 Å². The Balaban J connectivity index is 1.01. The second kappa shape index (κ2) is 19.3. The fourth-order valence-corrected chi connectivity index (χ4v) is 8.91. The Bertz CT molecular complexity index is 2650. The summed E-state index contributed by atoms with van der Waals surface area (Å²) in [6.45, 7) is 10.1. The number of nitrogens with zero attached hydrogens (tertiary/aromatic N) is 3. The zero-order valence-corrected chi connectivity index (χ0v) is 38.9. The number of nitrogens with one attached hydrogen (secondary N) is 1. The van der Waals surface area contributed by atoms with Gasteiger partial charge in [0, 0.05) is 37.8 Å². The van der Waals surface area contributed by atoms with Gasteiger partial charge in [0.05, 0.1) is 10.0 Å². The summed E-state index contributed by atoms with van der Waals surface area (Å²) in [5, 5.41) is 14.1. The van der Waals surface area contributed by atoms with E-state index in [0.29, 0.717) is 58.9 Å². The molecule has 1 fully saturated rings. The van der Waals surface area contributed by atoms with E-state index in [9.17, 15) is 24.3 Å². The predicted molar refractivity (Wildman–Crippen MR) is 249 cm³/mol. The van der Waals surface area contributed by atoms with Gasteiger partial charge in [-0.2, -0.15) is 0 Å². The van der Waals surface area contributed by atoms with Gasteiger partial charge in [0.25, 0.3) is 0 Å². The number of fused-ring (bicyclic) bond motifs is 2. The van der Waals surface area contributed by atoms with Crippen molar-refractivity contribution in [3.8, 4) is 28.4 Å². The molecule has 4 heterocycles. The van der Waals surface area contributed by atoms with Crippen LogP contribution in [0.2, 0.25) is 10.0 Å². The summed E-state index contributed by atoms with van der Waals surface area (Å²) >= 11 is 12.2. The standard InChI is InChI=1S/C51H52Cl2N4O9/c1-29-30(2)54-19-18-38(29)33-11-8-31(9-12-33)22-41(49(60)61)55-47(58)43-23-35-24-44-45(25-36(35)26-57(43)48(59)42-7-6-20-56(42)50(62)66-51(3,4)5)65-46(28-64-44)34-13-15-37(16-14-34)63-27-32-10-17-39(52)40(53)21-32/h8-19,21,24-25,41-43,46H,6-7,20,22-23,26-28H2,1-5H3,(H,55,58)(H,60,61). The third-order valence-electron chi connectivity index (χ3n) is 12.2. The number of pyridine rings is 1. The lowest BCUT2D eigenvalue weighted by molar-refractivity contribution is -0.147. The molecule has 4 atom stereocenters. The average molecular weight is 936 g/mol. The average Bonchev–Trinajstić information content (AvgIpc) is 3.79. The van der Waals surface area contributed by atoms with Gasteiger partial charge in [-0.25, -0.2) is 9.59 Å². The van der Waals surface area contributed by atoms with E-state index >= 15 is 0 Å². The minimum absolute atomic E-state index is 0.00415. The van der Waals surface area contributed by atoms with E-state index < -0.39 is 53.7 Å². The van der Waals surface area contributed by atoms with Gasteiger partial charge in [-0.05, 0) is 134 Å². The first-order chi connectivity index (χ1) is 31.5. The number of carbonyl (C=O) groups excluding carboxylic acids is 3. The topological polar surface area (TPSA) is 157 Å². The van der Waals surface area contributed by atoms with Crippen molar-refractivity contribution in [2.24, 2.45) is 0 Å². The van der Waals surface area contributed by atoms with Crippen LogP contribution in [0.1, 0.15) is 78.8 Å². The van der Waals surface area contributed by atoms with Crippen LogP contribution in [0.5, 0.6) is 17.2 Å². The van der Waals surface area contributed by atoms with Crippen LogP contribution in [0.15, 0.2) is 91.1 Å². The highest BCUT2D eigenvalue weighted by Gasteiger charge is 2.44. The van der Waals surface area contributed by atoms with Crippen LogP contribution in [0.4, 0.5) is 4.79 Å². The van der Waals surface area contributed by atoms with E-state index in [-0.39, 0.29) is 26.0 Å². The normalized spacial score (nSPS) is 18.3. The summed E-state index contributed by atoms with van der Waals surface area (Å²) in [5.74, 6) is -0.649. The quantitative estimate of drug-likeness (QED) is 0.131. The fourth-order valence-electron chi connectivity index (χ4n) is 8.59. The summed E-state index contributed by atoms with van der Waals surface area (Å²) in [4.78, 5) is 62.5. The molecule has 0 spiro atoms. The van der Waals surface area contributed by atoms with E-state index in [1.165, 1.54) is 9.80 Å². The van der Waals surface area contributed by atoms with Crippen LogP contribution in [0.3, 0.4) is 0 Å². The smallest absolute Gasteiger partial charge is 0.410 e. The minimum atomic E-state index is -1.29. The zero-order chi connectivity index (χ0) is 46.9. The van der Waals surface area contributed by atoms with Gasteiger partial charge in [0.1, 0.15) is 42.7 Å². The molecule has 5 aromatic rings. The fraction of sp³-hybridized carbons (Fsp3) is 0.353. The van der Waals surface area contributed by atoms with Crippen molar-refractivity contribution in [3.05, 3.63) is 140 Å². The molecule has 4 unspecified atom stereocenters. The number of amides is 3. The first kappa shape index (κ1) is 46.2. The van der Waals surface area contributed by atoms with Gasteiger partial charge in [0.15, 0.2) is 17.6 Å². The molecule has 2 N–H and O–H groups in total. The van der Waals surface area contributed by atoms with Crippen LogP contribution < -0.4 is 19.5 Å². The molecule has 8 rings (SSSR count). The molecule has 344 valence electrons. The van der Waals surface area contributed by atoms with Crippen molar-refractivity contribution in [3.63, 3.8) is 0 Å². The maximum atomic E-state index is 14.7. The van der Waals surface area contributed by atoms with Crippen molar-refractivity contribution in [1.82, 2.24) is 20.1 Å². The Hall–Kier alpha value is -6.31. The molecule has 3 aliphatic rings. The number of carboxylic acid groups (broad SMARTS) is 1. The lowest BCUT2D eigenvalue weighted by Crippen LogP contribution is -2.59. The number of hydrogen-bond donors (Lipinski definition) is 2. The van der Waals surface area contributed by atoms with Crippen LogP contribution in [-0.4, -0.2) is 80.6 Å². The van der Waals surface area contributed by atoms with E-state index in [1.54, 1.807) is 39.1 Å². The van der Waals surface area contributed by atoms with Crippen molar-refractivity contribution in [2.75, 3.05) is 13.2 Å².